The third-order valence-electron chi connectivity index (χ3n) is 3.09. The van der Waals surface area contributed by atoms with Crippen LogP contribution < -0.4 is 0 Å². The molecule has 0 saturated heterocycles. The zero-order valence-corrected chi connectivity index (χ0v) is 10.9. The molecule has 0 radical (unpaired) electrons. The summed E-state index contributed by atoms with van der Waals surface area (Å²) in [4.78, 5) is 0. The van der Waals surface area contributed by atoms with Crippen LogP contribution in [-0.4, -0.2) is 5.11 Å². The lowest BCUT2D eigenvalue weighted by Crippen LogP contribution is -2.11. The van der Waals surface area contributed by atoms with Crippen molar-refractivity contribution in [1.29, 1.82) is 0 Å². The van der Waals surface area contributed by atoms with Crippen molar-refractivity contribution in [3.8, 4) is 0 Å². The number of halogens is 1. The lowest BCUT2D eigenvalue weighted by molar-refractivity contribution is 0.0989. The summed E-state index contributed by atoms with van der Waals surface area (Å²) in [7, 11) is 0. The predicted octanol–water partition coefficient (Wildman–Crippen LogP) is 4.59. The first kappa shape index (κ1) is 13.5. The Morgan fingerprint density at radius 3 is 2.62 bits per heavy atom. The molecule has 0 aliphatic heterocycles. The Bertz CT molecular complexity index is 311. The summed E-state index contributed by atoms with van der Waals surface area (Å²) in [5.74, 6) is 0.346. The molecule has 1 rings (SSSR count). The maximum atomic E-state index is 10.3. The Hall–Kier alpha value is -0.530. The van der Waals surface area contributed by atoms with Crippen LogP contribution in [0, 0.1) is 5.92 Å². The van der Waals surface area contributed by atoms with Gasteiger partial charge in [-0.2, -0.15) is 0 Å². The number of unbranched alkanes of at least 4 members (excludes halogenated alkanes) is 1. The van der Waals surface area contributed by atoms with E-state index in [0.29, 0.717) is 10.9 Å². The van der Waals surface area contributed by atoms with E-state index in [1.165, 1.54) is 12.8 Å². The van der Waals surface area contributed by atoms with E-state index in [2.05, 4.69) is 13.8 Å². The van der Waals surface area contributed by atoms with Crippen LogP contribution in [-0.2, 0) is 0 Å². The zero-order valence-electron chi connectivity index (χ0n) is 10.1. The SMILES string of the molecule is CCCC[C@H](CC)C(O)c1cccc(Cl)c1. The minimum absolute atomic E-state index is 0.346. The van der Waals surface area contributed by atoms with Crippen molar-refractivity contribution in [2.75, 3.05) is 0 Å². The summed E-state index contributed by atoms with van der Waals surface area (Å²) in [5.41, 5.74) is 0.940. The highest BCUT2D eigenvalue weighted by molar-refractivity contribution is 6.30. The monoisotopic (exact) mass is 240 g/mol. The highest BCUT2D eigenvalue weighted by atomic mass is 35.5. The number of hydrogen-bond donors (Lipinski definition) is 1. The third-order valence-corrected chi connectivity index (χ3v) is 3.32. The largest absolute Gasteiger partial charge is 0.388 e. The summed E-state index contributed by atoms with van der Waals surface area (Å²) in [6, 6.07) is 7.55. The van der Waals surface area contributed by atoms with Gasteiger partial charge in [-0.25, -0.2) is 0 Å². The van der Waals surface area contributed by atoms with E-state index in [-0.39, 0.29) is 6.10 Å². The minimum Gasteiger partial charge on any atom is -0.388 e. The summed E-state index contributed by atoms with van der Waals surface area (Å²) in [5, 5.41) is 11.0. The number of aliphatic hydroxyl groups excluding tert-OH is 1. The molecule has 0 amide bonds. The van der Waals surface area contributed by atoms with E-state index in [4.69, 9.17) is 11.6 Å². The molecular formula is C14H21ClO. The molecule has 0 fully saturated rings. The molecule has 90 valence electrons. The van der Waals surface area contributed by atoms with Crippen molar-refractivity contribution in [2.45, 2.75) is 45.6 Å². The molecule has 0 bridgehead atoms. The molecule has 1 aromatic carbocycles. The molecule has 2 atom stereocenters. The fraction of sp³-hybridized carbons (Fsp3) is 0.571. The first-order valence-electron chi connectivity index (χ1n) is 6.12. The lowest BCUT2D eigenvalue weighted by Gasteiger charge is -2.21. The Morgan fingerprint density at radius 1 is 1.31 bits per heavy atom. The van der Waals surface area contributed by atoms with Gasteiger partial charge < -0.3 is 5.11 Å². The van der Waals surface area contributed by atoms with E-state index >= 15 is 0 Å². The first-order chi connectivity index (χ1) is 7.69. The van der Waals surface area contributed by atoms with Gasteiger partial charge >= 0.3 is 0 Å². The van der Waals surface area contributed by atoms with Crippen molar-refractivity contribution in [2.24, 2.45) is 5.92 Å². The molecule has 16 heavy (non-hydrogen) atoms. The molecule has 0 spiro atoms. The van der Waals surface area contributed by atoms with E-state index < -0.39 is 0 Å². The van der Waals surface area contributed by atoms with E-state index in [1.807, 2.05) is 24.3 Å². The number of aliphatic hydroxyl groups is 1. The van der Waals surface area contributed by atoms with Crippen molar-refractivity contribution in [3.05, 3.63) is 34.9 Å². The van der Waals surface area contributed by atoms with Crippen LogP contribution in [0.3, 0.4) is 0 Å². The highest BCUT2D eigenvalue weighted by Crippen LogP contribution is 2.29. The van der Waals surface area contributed by atoms with E-state index in [1.54, 1.807) is 0 Å². The van der Waals surface area contributed by atoms with Gasteiger partial charge in [-0.1, -0.05) is 56.8 Å². The maximum absolute atomic E-state index is 10.3. The molecule has 0 aromatic heterocycles. The fourth-order valence-electron chi connectivity index (χ4n) is 2.01. The summed E-state index contributed by atoms with van der Waals surface area (Å²) >= 11 is 5.93. The Kier molecular flexibility index (Phi) is 5.86. The van der Waals surface area contributed by atoms with Gasteiger partial charge in [0.25, 0.3) is 0 Å². The normalized spacial score (nSPS) is 14.8. The molecule has 0 saturated carbocycles. The van der Waals surface area contributed by atoms with Crippen LogP contribution in [0.15, 0.2) is 24.3 Å². The second kappa shape index (κ2) is 6.93. The number of hydrogen-bond acceptors (Lipinski definition) is 1. The number of benzene rings is 1. The van der Waals surface area contributed by atoms with Gasteiger partial charge in [0.2, 0.25) is 0 Å². The summed E-state index contributed by atoms with van der Waals surface area (Å²) < 4.78 is 0. The lowest BCUT2D eigenvalue weighted by atomic mass is 9.89. The second-order valence-corrected chi connectivity index (χ2v) is 4.75. The van der Waals surface area contributed by atoms with Crippen molar-refractivity contribution >= 4 is 11.6 Å². The maximum Gasteiger partial charge on any atom is 0.0818 e. The van der Waals surface area contributed by atoms with E-state index in [0.717, 1.165) is 18.4 Å². The van der Waals surface area contributed by atoms with Crippen LogP contribution in [0.5, 0.6) is 0 Å². The summed E-state index contributed by atoms with van der Waals surface area (Å²) in [6.07, 6.45) is 4.07. The van der Waals surface area contributed by atoms with Crippen molar-refractivity contribution < 1.29 is 5.11 Å². The fourth-order valence-corrected chi connectivity index (χ4v) is 2.21. The molecule has 1 aromatic rings. The van der Waals surface area contributed by atoms with Crippen molar-refractivity contribution in [1.82, 2.24) is 0 Å². The van der Waals surface area contributed by atoms with Gasteiger partial charge in [0.1, 0.15) is 0 Å². The highest BCUT2D eigenvalue weighted by Gasteiger charge is 2.18. The second-order valence-electron chi connectivity index (χ2n) is 4.31. The van der Waals surface area contributed by atoms with Crippen LogP contribution >= 0.6 is 11.6 Å². The average Bonchev–Trinajstić information content (AvgIpc) is 2.29. The van der Waals surface area contributed by atoms with Crippen LogP contribution in [0.2, 0.25) is 5.02 Å². The van der Waals surface area contributed by atoms with Gasteiger partial charge in [-0.3, -0.25) is 0 Å². The minimum atomic E-state index is -0.379. The van der Waals surface area contributed by atoms with Gasteiger partial charge in [-0.15, -0.1) is 0 Å². The third kappa shape index (κ3) is 3.80. The molecule has 1 nitrogen and oxygen atoms in total. The van der Waals surface area contributed by atoms with Crippen LogP contribution in [0.1, 0.15) is 51.2 Å². The number of rotatable bonds is 6. The standard InChI is InChI=1S/C14H21ClO/c1-3-5-7-11(4-2)14(16)12-8-6-9-13(15)10-12/h6,8-11,14,16H,3-5,7H2,1-2H3/t11-,14?/m0/s1. The molecule has 2 heteroatoms. The molecule has 0 heterocycles. The topological polar surface area (TPSA) is 20.2 Å². The van der Waals surface area contributed by atoms with Gasteiger partial charge in [-0.05, 0) is 30.0 Å². The zero-order chi connectivity index (χ0) is 12.0. The smallest absolute Gasteiger partial charge is 0.0818 e. The quantitative estimate of drug-likeness (QED) is 0.771. The Labute approximate surface area is 103 Å². The molecule has 0 aliphatic rings. The van der Waals surface area contributed by atoms with Crippen molar-refractivity contribution in [3.63, 3.8) is 0 Å². The molecule has 1 N–H and O–H groups in total. The Morgan fingerprint density at radius 2 is 2.06 bits per heavy atom. The van der Waals surface area contributed by atoms with Gasteiger partial charge in [0, 0.05) is 5.02 Å². The van der Waals surface area contributed by atoms with E-state index in [9.17, 15) is 5.11 Å². The average molecular weight is 241 g/mol. The summed E-state index contributed by atoms with van der Waals surface area (Å²) in [6.45, 7) is 4.31. The van der Waals surface area contributed by atoms with Gasteiger partial charge in [0.05, 0.1) is 6.10 Å². The van der Waals surface area contributed by atoms with Gasteiger partial charge in [0.15, 0.2) is 0 Å². The van der Waals surface area contributed by atoms with Crippen LogP contribution in [0.4, 0.5) is 0 Å². The Balaban J connectivity index is 2.70. The predicted molar refractivity (Wildman–Crippen MR) is 69.7 cm³/mol. The molecule has 0 aliphatic carbocycles. The van der Waals surface area contributed by atoms with Crippen LogP contribution in [0.25, 0.3) is 0 Å². The first-order valence-corrected chi connectivity index (χ1v) is 6.50. The molecule has 1 unspecified atom stereocenters. The molecular weight excluding hydrogens is 220 g/mol.